The first-order valence-corrected chi connectivity index (χ1v) is 7.55. The van der Waals surface area contributed by atoms with Crippen molar-refractivity contribution < 1.29 is 9.53 Å². The minimum Gasteiger partial charge on any atom is -0.444 e. The first kappa shape index (κ1) is 17.0. The quantitative estimate of drug-likeness (QED) is 0.761. The molecule has 0 aromatic heterocycles. The molecular formula is C16H30N2O2. The SMILES string of the molecule is CC(C)(CNCC1CC=CCC1)NC(=O)OC(C)(C)C. The fourth-order valence-corrected chi connectivity index (χ4v) is 2.25. The molecule has 1 atom stereocenters. The van der Waals surface area contributed by atoms with E-state index in [9.17, 15) is 4.79 Å². The zero-order valence-corrected chi connectivity index (χ0v) is 13.6. The van der Waals surface area contributed by atoms with E-state index in [1.165, 1.54) is 12.8 Å². The molecule has 1 rings (SSSR count). The smallest absolute Gasteiger partial charge is 0.408 e. The van der Waals surface area contributed by atoms with Crippen LogP contribution in [0.3, 0.4) is 0 Å². The zero-order valence-electron chi connectivity index (χ0n) is 13.6. The summed E-state index contributed by atoms with van der Waals surface area (Å²) < 4.78 is 5.28. The lowest BCUT2D eigenvalue weighted by atomic mass is 9.94. The Labute approximate surface area is 123 Å². The second kappa shape index (κ2) is 7.11. The molecule has 20 heavy (non-hydrogen) atoms. The fourth-order valence-electron chi connectivity index (χ4n) is 2.25. The van der Waals surface area contributed by atoms with E-state index in [1.807, 2.05) is 34.6 Å². The van der Waals surface area contributed by atoms with Crippen LogP contribution >= 0.6 is 0 Å². The molecule has 1 unspecified atom stereocenters. The summed E-state index contributed by atoms with van der Waals surface area (Å²) in [5, 5.41) is 6.37. The Morgan fingerprint density at radius 2 is 1.95 bits per heavy atom. The van der Waals surface area contributed by atoms with E-state index in [-0.39, 0.29) is 11.6 Å². The molecule has 0 aliphatic heterocycles. The van der Waals surface area contributed by atoms with Crippen LogP contribution in [0, 0.1) is 5.92 Å². The van der Waals surface area contributed by atoms with Crippen LogP contribution < -0.4 is 10.6 Å². The molecule has 1 aliphatic rings. The van der Waals surface area contributed by atoms with E-state index < -0.39 is 5.60 Å². The average molecular weight is 282 g/mol. The maximum Gasteiger partial charge on any atom is 0.408 e. The van der Waals surface area contributed by atoms with Crippen molar-refractivity contribution in [1.82, 2.24) is 10.6 Å². The summed E-state index contributed by atoms with van der Waals surface area (Å²) in [6, 6.07) is 0. The van der Waals surface area contributed by atoms with Crippen molar-refractivity contribution in [3.63, 3.8) is 0 Å². The molecule has 0 aromatic carbocycles. The fraction of sp³-hybridized carbons (Fsp3) is 0.812. The van der Waals surface area contributed by atoms with E-state index >= 15 is 0 Å². The van der Waals surface area contributed by atoms with Gasteiger partial charge in [-0.2, -0.15) is 0 Å². The summed E-state index contributed by atoms with van der Waals surface area (Å²) in [7, 11) is 0. The monoisotopic (exact) mass is 282 g/mol. The molecule has 0 saturated carbocycles. The van der Waals surface area contributed by atoms with Gasteiger partial charge in [0.15, 0.2) is 0 Å². The predicted molar refractivity (Wildman–Crippen MR) is 82.8 cm³/mol. The van der Waals surface area contributed by atoms with E-state index in [1.54, 1.807) is 0 Å². The lowest BCUT2D eigenvalue weighted by molar-refractivity contribution is 0.0471. The largest absolute Gasteiger partial charge is 0.444 e. The highest BCUT2D eigenvalue weighted by atomic mass is 16.6. The Balaban J connectivity index is 2.26. The van der Waals surface area contributed by atoms with Crippen molar-refractivity contribution in [2.45, 2.75) is 65.0 Å². The maximum atomic E-state index is 11.8. The Hall–Kier alpha value is -1.03. The second-order valence-corrected chi connectivity index (χ2v) is 7.29. The molecular weight excluding hydrogens is 252 g/mol. The van der Waals surface area contributed by atoms with E-state index in [4.69, 9.17) is 4.74 Å². The van der Waals surface area contributed by atoms with Crippen LogP contribution in [-0.4, -0.2) is 30.3 Å². The highest BCUT2D eigenvalue weighted by Crippen LogP contribution is 2.17. The topological polar surface area (TPSA) is 50.4 Å². The number of carbonyl (C=O) groups excluding carboxylic acids is 1. The van der Waals surface area contributed by atoms with E-state index in [0.29, 0.717) is 0 Å². The molecule has 0 bridgehead atoms. The van der Waals surface area contributed by atoms with Gasteiger partial charge in [0.2, 0.25) is 0 Å². The second-order valence-electron chi connectivity index (χ2n) is 7.29. The van der Waals surface area contributed by atoms with Crippen molar-refractivity contribution >= 4 is 6.09 Å². The van der Waals surface area contributed by atoms with Gasteiger partial charge in [-0.15, -0.1) is 0 Å². The molecule has 1 aliphatic carbocycles. The normalized spacial score (nSPS) is 19.8. The van der Waals surface area contributed by atoms with Gasteiger partial charge in [0, 0.05) is 6.54 Å². The molecule has 0 spiro atoms. The minimum absolute atomic E-state index is 0.313. The number of ether oxygens (including phenoxy) is 1. The summed E-state index contributed by atoms with van der Waals surface area (Å²) >= 11 is 0. The van der Waals surface area contributed by atoms with Gasteiger partial charge in [-0.05, 0) is 66.3 Å². The standard InChI is InChI=1S/C16H30N2O2/c1-15(2,3)20-14(19)18-16(4,5)12-17-11-13-9-7-6-8-10-13/h6-7,13,17H,8-12H2,1-5H3,(H,18,19). The van der Waals surface area contributed by atoms with Gasteiger partial charge in [-0.1, -0.05) is 12.2 Å². The van der Waals surface area contributed by atoms with Crippen molar-refractivity contribution in [2.75, 3.05) is 13.1 Å². The van der Waals surface area contributed by atoms with Gasteiger partial charge in [-0.25, -0.2) is 4.79 Å². The first-order chi connectivity index (χ1) is 9.18. The number of carbonyl (C=O) groups is 1. The Morgan fingerprint density at radius 1 is 1.25 bits per heavy atom. The van der Waals surface area contributed by atoms with Gasteiger partial charge < -0.3 is 15.4 Å². The Bertz CT molecular complexity index is 343. The Morgan fingerprint density at radius 3 is 2.50 bits per heavy atom. The molecule has 0 aromatic rings. The molecule has 1 amide bonds. The highest BCUT2D eigenvalue weighted by Gasteiger charge is 2.24. The third-order valence-electron chi connectivity index (χ3n) is 3.22. The number of hydrogen-bond acceptors (Lipinski definition) is 3. The number of alkyl carbamates (subject to hydrolysis) is 1. The molecule has 2 N–H and O–H groups in total. The third-order valence-corrected chi connectivity index (χ3v) is 3.22. The van der Waals surface area contributed by atoms with Gasteiger partial charge in [0.1, 0.15) is 5.60 Å². The first-order valence-electron chi connectivity index (χ1n) is 7.55. The van der Waals surface area contributed by atoms with Crippen LogP contribution in [0.2, 0.25) is 0 Å². The van der Waals surface area contributed by atoms with E-state index in [0.717, 1.165) is 25.4 Å². The van der Waals surface area contributed by atoms with Gasteiger partial charge in [0.25, 0.3) is 0 Å². The van der Waals surface area contributed by atoms with Gasteiger partial charge >= 0.3 is 6.09 Å². The lowest BCUT2D eigenvalue weighted by Gasteiger charge is -2.29. The highest BCUT2D eigenvalue weighted by molar-refractivity contribution is 5.68. The molecule has 0 saturated heterocycles. The van der Waals surface area contributed by atoms with Crippen molar-refractivity contribution in [2.24, 2.45) is 5.92 Å². The summed E-state index contributed by atoms with van der Waals surface area (Å²) in [6.45, 7) is 11.4. The number of amides is 1. The molecule has 116 valence electrons. The van der Waals surface area contributed by atoms with Gasteiger partial charge in [-0.3, -0.25) is 0 Å². The number of rotatable bonds is 5. The van der Waals surface area contributed by atoms with Crippen LogP contribution in [0.4, 0.5) is 4.79 Å². The molecule has 0 heterocycles. The van der Waals surface area contributed by atoms with Crippen molar-refractivity contribution in [3.05, 3.63) is 12.2 Å². The van der Waals surface area contributed by atoms with Crippen molar-refractivity contribution in [1.29, 1.82) is 0 Å². The third kappa shape index (κ3) is 7.53. The van der Waals surface area contributed by atoms with Gasteiger partial charge in [0.05, 0.1) is 5.54 Å². The van der Waals surface area contributed by atoms with Crippen LogP contribution in [0.15, 0.2) is 12.2 Å². The summed E-state index contributed by atoms with van der Waals surface area (Å²) in [5.41, 5.74) is -0.769. The van der Waals surface area contributed by atoms with Crippen molar-refractivity contribution in [3.8, 4) is 0 Å². The van der Waals surface area contributed by atoms with Crippen LogP contribution in [0.25, 0.3) is 0 Å². The van der Waals surface area contributed by atoms with Crippen LogP contribution in [-0.2, 0) is 4.74 Å². The molecule has 4 nitrogen and oxygen atoms in total. The summed E-state index contributed by atoms with van der Waals surface area (Å²) in [6.07, 6.45) is 7.76. The zero-order chi connectivity index (χ0) is 15.2. The van der Waals surface area contributed by atoms with Crippen LogP contribution in [0.1, 0.15) is 53.9 Å². The summed E-state index contributed by atoms with van der Waals surface area (Å²) in [5.74, 6) is 0.720. The van der Waals surface area contributed by atoms with E-state index in [2.05, 4.69) is 22.8 Å². The average Bonchev–Trinajstić information content (AvgIpc) is 2.26. The number of hydrogen-bond donors (Lipinski definition) is 2. The molecule has 4 heteroatoms. The number of allylic oxidation sites excluding steroid dienone is 2. The Kier molecular flexibility index (Phi) is 6.06. The lowest BCUT2D eigenvalue weighted by Crippen LogP contribution is -2.52. The minimum atomic E-state index is -0.456. The number of nitrogens with one attached hydrogen (secondary N) is 2. The maximum absolute atomic E-state index is 11.8. The predicted octanol–water partition coefficient (Wildman–Crippen LogP) is 3.24. The summed E-state index contributed by atoms with van der Waals surface area (Å²) in [4.78, 5) is 11.8. The molecule has 0 radical (unpaired) electrons. The van der Waals surface area contributed by atoms with Crippen LogP contribution in [0.5, 0.6) is 0 Å². The molecule has 0 fully saturated rings.